The third-order valence-electron chi connectivity index (χ3n) is 2.09. The fraction of sp³-hybridized carbons (Fsp3) is 0.333. The van der Waals surface area contributed by atoms with Gasteiger partial charge in [-0.2, -0.15) is 0 Å². The largest absolute Gasteiger partial charge is 0.472 e. The number of hydrogen-bond donors (Lipinski definition) is 3. The van der Waals surface area contributed by atoms with Gasteiger partial charge in [0.05, 0.1) is 7.13 Å². The number of rotatable bonds is 1. The summed E-state index contributed by atoms with van der Waals surface area (Å²) in [6.45, 7) is 1.67. The maximum Gasteiger partial charge on any atom is 0.330 e. The summed E-state index contributed by atoms with van der Waals surface area (Å²) in [4.78, 5) is 13.7. The van der Waals surface area contributed by atoms with Crippen molar-refractivity contribution in [3.8, 4) is 0 Å². The molecule has 0 saturated heterocycles. The average molecular weight is 210 g/mol. The van der Waals surface area contributed by atoms with Crippen LogP contribution >= 0.6 is 0 Å². The molecule has 0 amide bonds. The van der Waals surface area contributed by atoms with Gasteiger partial charge < -0.3 is 9.84 Å². The molecule has 2 rings (SSSR count). The number of hydrogen-bond acceptors (Lipinski definition) is 4. The minimum absolute atomic E-state index is 0.139. The molecule has 0 radical (unpaired) electrons. The van der Waals surface area contributed by atoms with E-state index < -0.39 is 18.0 Å². The van der Waals surface area contributed by atoms with Gasteiger partial charge in [0.2, 0.25) is 6.23 Å². The van der Waals surface area contributed by atoms with E-state index in [0.717, 1.165) is 4.57 Å². The summed E-state index contributed by atoms with van der Waals surface area (Å²) in [5, 5.41) is 16.9. The number of ether oxygens (including phenoxy) is 1. The second-order valence-electron chi connectivity index (χ2n) is 3.26. The molecule has 6 heteroatoms. The Morgan fingerprint density at radius 2 is 2.53 bits per heavy atom. The molecule has 0 fully saturated rings. The van der Waals surface area contributed by atoms with Crippen LogP contribution < -0.4 is 11.2 Å². The fourth-order valence-corrected chi connectivity index (χ4v) is 1.43. The van der Waals surface area contributed by atoms with Crippen LogP contribution in [-0.4, -0.2) is 20.8 Å². The monoisotopic (exact) mass is 210 g/mol. The Hall–Kier alpha value is -1.82. The Kier molecular flexibility index (Phi) is 1.92. The molecule has 2 heterocycles. The van der Waals surface area contributed by atoms with Gasteiger partial charge in [-0.25, -0.2) is 4.79 Å². The van der Waals surface area contributed by atoms with Crippen LogP contribution in [0.15, 0.2) is 28.9 Å². The van der Waals surface area contributed by atoms with Crippen LogP contribution in [0.2, 0.25) is 0 Å². The van der Waals surface area contributed by atoms with Gasteiger partial charge in [0.1, 0.15) is 11.6 Å². The number of aliphatic hydroxyl groups excluding tert-OH is 1. The second kappa shape index (κ2) is 3.39. The number of nitrogens with zero attached hydrogens (tertiary/aromatic N) is 1. The molecule has 0 aliphatic carbocycles. The number of nitrogens with one attached hydrogen (secondary N) is 2. The molecule has 1 aromatic rings. The predicted octanol–water partition coefficient (Wildman–Crippen LogP) is -0.551. The highest BCUT2D eigenvalue weighted by atomic mass is 16.5. The third-order valence-corrected chi connectivity index (χ3v) is 2.09. The lowest BCUT2D eigenvalue weighted by atomic mass is 10.3. The van der Waals surface area contributed by atoms with Crippen molar-refractivity contribution >= 4 is 0 Å². The first kappa shape index (κ1) is 8.49. The topological polar surface area (TPSA) is 91.1 Å². The molecule has 6 nitrogen and oxygen atoms in total. The van der Waals surface area contributed by atoms with Crippen LogP contribution in [0, 0.1) is 5.41 Å². The zero-order chi connectivity index (χ0) is 11.9. The predicted molar refractivity (Wildman–Crippen MR) is 50.8 cm³/mol. The molecule has 2 atom stereocenters. The van der Waals surface area contributed by atoms with Crippen molar-refractivity contribution in [1.29, 1.82) is 5.41 Å². The standard InChI is InChI=1S/C9H11N3O3/c1-5-4-6(13)8(15-5)12-3-2-7(10)11-9(12)14/h2-4,6,8,13H,1H3,(H2,10,11,14)/t6-,8-/m1/s1/i2D. The number of allylic oxidation sites excluding steroid dienone is 1. The average Bonchev–Trinajstić information content (AvgIpc) is 2.51. The molecule has 0 saturated carbocycles. The number of aromatic nitrogens is 2. The van der Waals surface area contributed by atoms with Gasteiger partial charge in [-0.05, 0) is 19.0 Å². The molecule has 0 spiro atoms. The van der Waals surface area contributed by atoms with E-state index in [1.165, 1.54) is 12.3 Å². The van der Waals surface area contributed by atoms with Crippen LogP contribution in [0.5, 0.6) is 0 Å². The van der Waals surface area contributed by atoms with E-state index in [1.54, 1.807) is 6.92 Å². The van der Waals surface area contributed by atoms with Crippen molar-refractivity contribution in [2.45, 2.75) is 19.3 Å². The third kappa shape index (κ3) is 1.71. The lowest BCUT2D eigenvalue weighted by Crippen LogP contribution is -2.35. The molecule has 80 valence electrons. The summed E-state index contributed by atoms with van der Waals surface area (Å²) in [5.74, 6) is 0.519. The van der Waals surface area contributed by atoms with Crippen molar-refractivity contribution in [1.82, 2.24) is 9.55 Å². The van der Waals surface area contributed by atoms with Gasteiger partial charge in [-0.15, -0.1) is 0 Å². The number of aliphatic hydroxyl groups is 1. The zero-order valence-electron chi connectivity index (χ0n) is 9.02. The van der Waals surface area contributed by atoms with E-state index in [-0.39, 0.29) is 11.5 Å². The first-order valence-corrected chi connectivity index (χ1v) is 4.39. The first-order valence-electron chi connectivity index (χ1n) is 4.89. The van der Waals surface area contributed by atoms with Gasteiger partial charge in [0.25, 0.3) is 0 Å². The highest BCUT2D eigenvalue weighted by Gasteiger charge is 2.27. The Labute approximate surface area is 86.4 Å². The summed E-state index contributed by atoms with van der Waals surface area (Å²) < 4.78 is 13.7. The fourth-order valence-electron chi connectivity index (χ4n) is 1.43. The quantitative estimate of drug-likeness (QED) is 0.580. The Morgan fingerprint density at radius 3 is 3.13 bits per heavy atom. The Balaban J connectivity index is 2.47. The summed E-state index contributed by atoms with van der Waals surface area (Å²) >= 11 is 0. The highest BCUT2D eigenvalue weighted by molar-refractivity contribution is 5.04. The van der Waals surface area contributed by atoms with Crippen LogP contribution in [-0.2, 0) is 4.74 Å². The van der Waals surface area contributed by atoms with Crippen LogP contribution in [0.25, 0.3) is 0 Å². The van der Waals surface area contributed by atoms with Gasteiger partial charge in [0, 0.05) is 6.20 Å². The summed E-state index contributed by atoms with van der Waals surface area (Å²) in [6.07, 6.45) is 0.854. The van der Waals surface area contributed by atoms with Crippen LogP contribution in [0.1, 0.15) is 14.5 Å². The van der Waals surface area contributed by atoms with Crippen LogP contribution in [0.4, 0.5) is 0 Å². The number of H-pyrrole nitrogens is 1. The molecule has 0 aromatic carbocycles. The normalized spacial score (nSPS) is 25.7. The Bertz CT molecular complexity index is 560. The molecule has 1 aromatic heterocycles. The molecular weight excluding hydrogens is 198 g/mol. The van der Waals surface area contributed by atoms with E-state index in [1.807, 2.05) is 0 Å². The van der Waals surface area contributed by atoms with E-state index in [0.29, 0.717) is 5.76 Å². The highest BCUT2D eigenvalue weighted by Crippen LogP contribution is 2.24. The molecule has 3 N–H and O–H groups in total. The molecule has 0 unspecified atom stereocenters. The van der Waals surface area contributed by atoms with Crippen molar-refractivity contribution in [2.24, 2.45) is 0 Å². The molecule has 1 aliphatic heterocycles. The van der Waals surface area contributed by atoms with Gasteiger partial charge >= 0.3 is 5.69 Å². The Morgan fingerprint density at radius 1 is 1.80 bits per heavy atom. The first-order chi connectivity index (χ1) is 7.49. The van der Waals surface area contributed by atoms with E-state index >= 15 is 0 Å². The van der Waals surface area contributed by atoms with E-state index in [2.05, 4.69) is 4.98 Å². The minimum Gasteiger partial charge on any atom is -0.472 e. The minimum atomic E-state index is -0.929. The smallest absolute Gasteiger partial charge is 0.330 e. The van der Waals surface area contributed by atoms with Crippen LogP contribution in [0.3, 0.4) is 0 Å². The van der Waals surface area contributed by atoms with Crippen molar-refractivity contribution in [3.63, 3.8) is 0 Å². The van der Waals surface area contributed by atoms with Crippen molar-refractivity contribution in [3.05, 3.63) is 40.0 Å². The summed E-state index contributed by atoms with van der Waals surface area (Å²) in [5.41, 5.74) is -0.855. The second-order valence-corrected chi connectivity index (χ2v) is 3.26. The molecule has 15 heavy (non-hydrogen) atoms. The van der Waals surface area contributed by atoms with E-state index in [4.69, 9.17) is 11.5 Å². The van der Waals surface area contributed by atoms with Crippen molar-refractivity contribution in [2.75, 3.05) is 0 Å². The van der Waals surface area contributed by atoms with Gasteiger partial charge in [-0.1, -0.05) is 0 Å². The molecular formula is C9H11N3O3. The summed E-state index contributed by atoms with van der Waals surface area (Å²) in [7, 11) is 0. The summed E-state index contributed by atoms with van der Waals surface area (Å²) in [6, 6.07) is -0.139. The SMILES string of the molecule is [2H]c1cn([C@@H]2OC(C)=C[C@H]2O)c(=O)[nH]c1=N. The van der Waals surface area contributed by atoms with Gasteiger partial charge in [-0.3, -0.25) is 15.0 Å². The molecule has 1 aliphatic rings. The maximum absolute atomic E-state index is 11.5. The number of aromatic amines is 1. The van der Waals surface area contributed by atoms with Crippen molar-refractivity contribution < 1.29 is 11.2 Å². The van der Waals surface area contributed by atoms with Gasteiger partial charge in [0.15, 0.2) is 0 Å². The lowest BCUT2D eigenvalue weighted by Gasteiger charge is -2.17. The van der Waals surface area contributed by atoms with E-state index in [9.17, 15) is 9.90 Å². The maximum atomic E-state index is 11.5. The molecule has 0 bridgehead atoms. The lowest BCUT2D eigenvalue weighted by molar-refractivity contribution is -0.00219. The zero-order valence-corrected chi connectivity index (χ0v) is 8.02.